The molecule has 0 saturated carbocycles. The molecule has 1 fully saturated rings. The molecule has 1 aromatic heterocycles. The Labute approximate surface area is 114 Å². The number of aromatic nitrogens is 2. The number of nitrogens with one attached hydrogen (secondary N) is 1. The second-order valence-electron chi connectivity index (χ2n) is 5.38. The lowest BCUT2D eigenvalue weighted by molar-refractivity contribution is 0.0666. The molecule has 0 radical (unpaired) electrons. The van der Waals surface area contributed by atoms with E-state index >= 15 is 0 Å². The van der Waals surface area contributed by atoms with Crippen molar-refractivity contribution in [1.82, 2.24) is 15.1 Å². The topological polar surface area (TPSA) is 75.0 Å². The fraction of sp³-hybridized carbons (Fsp3) is 0.714. The Morgan fingerprint density at radius 1 is 1.53 bits per heavy atom. The van der Waals surface area contributed by atoms with Crippen molar-refractivity contribution in [3.05, 3.63) is 11.4 Å². The zero-order chi connectivity index (χ0) is 13.8. The van der Waals surface area contributed by atoms with Crippen LogP contribution in [0.25, 0.3) is 0 Å². The van der Waals surface area contributed by atoms with Gasteiger partial charge in [-0.1, -0.05) is 26.7 Å². The zero-order valence-corrected chi connectivity index (χ0v) is 11.9. The highest BCUT2D eigenvalue weighted by Gasteiger charge is 2.27. The van der Waals surface area contributed by atoms with Gasteiger partial charge in [-0.25, -0.2) is 0 Å². The smallest absolute Gasteiger partial charge is 0.276 e. The zero-order valence-electron chi connectivity index (χ0n) is 11.9. The van der Waals surface area contributed by atoms with E-state index in [-0.39, 0.29) is 5.91 Å². The number of H-pyrrole nitrogens is 1. The van der Waals surface area contributed by atoms with Crippen LogP contribution >= 0.6 is 0 Å². The van der Waals surface area contributed by atoms with Crippen LogP contribution in [0.3, 0.4) is 0 Å². The maximum absolute atomic E-state index is 12.5. The van der Waals surface area contributed by atoms with Gasteiger partial charge in [-0.05, 0) is 25.2 Å². The monoisotopic (exact) mass is 264 g/mol. The third-order valence-electron chi connectivity index (χ3n) is 3.97. The first-order chi connectivity index (χ1) is 9.17. The van der Waals surface area contributed by atoms with Crippen molar-refractivity contribution >= 4 is 11.6 Å². The number of likely N-dealkylation sites (tertiary alicyclic amines) is 1. The van der Waals surface area contributed by atoms with Crippen LogP contribution < -0.4 is 5.73 Å². The Balaban J connectivity index is 2.10. The Kier molecular flexibility index (Phi) is 4.45. The van der Waals surface area contributed by atoms with Gasteiger partial charge < -0.3 is 10.6 Å². The summed E-state index contributed by atoms with van der Waals surface area (Å²) in [6.45, 7) is 5.93. The molecule has 5 nitrogen and oxygen atoms in total. The SMILES string of the molecule is CCCc1[nH]nc(C(=O)N2CCCC(CC)C2)c1N. The lowest BCUT2D eigenvalue weighted by atomic mass is 9.95. The van der Waals surface area contributed by atoms with Gasteiger partial charge in [0.05, 0.1) is 11.4 Å². The summed E-state index contributed by atoms with van der Waals surface area (Å²) < 4.78 is 0. The van der Waals surface area contributed by atoms with Crippen LogP contribution in [-0.2, 0) is 6.42 Å². The number of aromatic amines is 1. The van der Waals surface area contributed by atoms with E-state index in [4.69, 9.17) is 5.73 Å². The molecule has 1 aromatic rings. The van der Waals surface area contributed by atoms with E-state index in [0.29, 0.717) is 17.3 Å². The average Bonchev–Trinajstić information content (AvgIpc) is 2.80. The third kappa shape index (κ3) is 2.91. The highest BCUT2D eigenvalue weighted by atomic mass is 16.2. The molecule has 1 saturated heterocycles. The van der Waals surface area contributed by atoms with Gasteiger partial charge >= 0.3 is 0 Å². The van der Waals surface area contributed by atoms with E-state index in [1.165, 1.54) is 6.42 Å². The number of amides is 1. The number of rotatable bonds is 4. The largest absolute Gasteiger partial charge is 0.395 e. The highest BCUT2D eigenvalue weighted by Crippen LogP contribution is 2.23. The number of nitrogens with zero attached hydrogens (tertiary/aromatic N) is 2. The summed E-state index contributed by atoms with van der Waals surface area (Å²) in [5.74, 6) is 0.599. The number of carbonyl (C=O) groups excluding carboxylic acids is 1. The van der Waals surface area contributed by atoms with Gasteiger partial charge in [0, 0.05) is 13.1 Å². The van der Waals surface area contributed by atoms with Crippen molar-refractivity contribution in [2.45, 2.75) is 46.0 Å². The summed E-state index contributed by atoms with van der Waals surface area (Å²) in [7, 11) is 0. The van der Waals surface area contributed by atoms with Crippen LogP contribution in [0.2, 0.25) is 0 Å². The van der Waals surface area contributed by atoms with Crippen molar-refractivity contribution in [2.75, 3.05) is 18.8 Å². The molecule has 5 heteroatoms. The Hall–Kier alpha value is -1.52. The molecule has 2 heterocycles. The van der Waals surface area contributed by atoms with Crippen molar-refractivity contribution < 1.29 is 4.79 Å². The molecule has 0 spiro atoms. The van der Waals surface area contributed by atoms with Crippen molar-refractivity contribution in [2.24, 2.45) is 5.92 Å². The fourth-order valence-corrected chi connectivity index (χ4v) is 2.72. The molecule has 1 aliphatic rings. The van der Waals surface area contributed by atoms with E-state index < -0.39 is 0 Å². The highest BCUT2D eigenvalue weighted by molar-refractivity contribution is 5.97. The van der Waals surface area contributed by atoms with Gasteiger partial charge in [-0.15, -0.1) is 0 Å². The summed E-state index contributed by atoms with van der Waals surface area (Å²) in [5, 5.41) is 7.02. The van der Waals surface area contributed by atoms with Gasteiger partial charge in [-0.3, -0.25) is 9.89 Å². The molecule has 2 rings (SSSR count). The second-order valence-corrected chi connectivity index (χ2v) is 5.38. The van der Waals surface area contributed by atoms with Gasteiger partial charge in [0.25, 0.3) is 5.91 Å². The van der Waals surface area contributed by atoms with E-state index in [2.05, 4.69) is 24.0 Å². The molecule has 1 atom stereocenters. The Morgan fingerprint density at radius 3 is 3.00 bits per heavy atom. The van der Waals surface area contributed by atoms with Crippen LogP contribution in [0.4, 0.5) is 5.69 Å². The molecule has 106 valence electrons. The second kappa shape index (κ2) is 6.08. The molecule has 1 unspecified atom stereocenters. The number of anilines is 1. The van der Waals surface area contributed by atoms with Crippen LogP contribution in [0, 0.1) is 5.92 Å². The normalized spacial score (nSPS) is 19.7. The summed E-state index contributed by atoms with van der Waals surface area (Å²) in [6, 6.07) is 0. The lowest BCUT2D eigenvalue weighted by Gasteiger charge is -2.31. The molecule has 0 aliphatic carbocycles. The number of carbonyl (C=O) groups is 1. The Bertz CT molecular complexity index is 441. The predicted octanol–water partition coefficient (Wildman–Crippen LogP) is 2.21. The fourth-order valence-electron chi connectivity index (χ4n) is 2.72. The minimum atomic E-state index is -0.0192. The minimum absolute atomic E-state index is 0.0192. The molecule has 19 heavy (non-hydrogen) atoms. The van der Waals surface area contributed by atoms with E-state index in [1.807, 2.05) is 4.90 Å². The van der Waals surface area contributed by atoms with Crippen molar-refractivity contribution in [1.29, 1.82) is 0 Å². The van der Waals surface area contributed by atoms with E-state index in [1.54, 1.807) is 0 Å². The molecule has 0 bridgehead atoms. The molecule has 3 N–H and O–H groups in total. The molecule has 1 aliphatic heterocycles. The average molecular weight is 264 g/mol. The first kappa shape index (κ1) is 13.9. The summed E-state index contributed by atoms with van der Waals surface area (Å²) in [4.78, 5) is 14.4. The molecule has 0 aromatic carbocycles. The number of hydrogen-bond donors (Lipinski definition) is 2. The van der Waals surface area contributed by atoms with Gasteiger partial charge in [0.1, 0.15) is 0 Å². The van der Waals surface area contributed by atoms with Crippen molar-refractivity contribution in [3.8, 4) is 0 Å². The number of nitrogen functional groups attached to an aromatic ring is 1. The standard InChI is InChI=1S/C14H24N4O/c1-3-6-11-12(15)13(17-16-11)14(19)18-8-5-7-10(4-2)9-18/h10H,3-9,15H2,1-2H3,(H,16,17). The van der Waals surface area contributed by atoms with Gasteiger partial charge in [0.15, 0.2) is 5.69 Å². The molecule has 1 amide bonds. The van der Waals surface area contributed by atoms with E-state index in [9.17, 15) is 4.79 Å². The number of hydrogen-bond acceptors (Lipinski definition) is 3. The van der Waals surface area contributed by atoms with E-state index in [0.717, 1.165) is 44.5 Å². The Morgan fingerprint density at radius 2 is 2.32 bits per heavy atom. The number of piperidine rings is 1. The first-order valence-electron chi connectivity index (χ1n) is 7.29. The third-order valence-corrected chi connectivity index (χ3v) is 3.97. The van der Waals surface area contributed by atoms with Crippen molar-refractivity contribution in [3.63, 3.8) is 0 Å². The van der Waals surface area contributed by atoms with Crippen LogP contribution in [0.5, 0.6) is 0 Å². The summed E-state index contributed by atoms with van der Waals surface area (Å²) in [6.07, 6.45) is 5.25. The van der Waals surface area contributed by atoms with Crippen LogP contribution in [0.15, 0.2) is 0 Å². The van der Waals surface area contributed by atoms with Crippen LogP contribution in [0.1, 0.15) is 55.7 Å². The minimum Gasteiger partial charge on any atom is -0.395 e. The number of nitrogens with two attached hydrogens (primary N) is 1. The maximum atomic E-state index is 12.5. The van der Waals surface area contributed by atoms with Crippen LogP contribution in [-0.4, -0.2) is 34.1 Å². The number of aryl methyl sites for hydroxylation is 1. The predicted molar refractivity (Wildman–Crippen MR) is 75.9 cm³/mol. The molecular weight excluding hydrogens is 240 g/mol. The van der Waals surface area contributed by atoms with Gasteiger partial charge in [0.2, 0.25) is 0 Å². The first-order valence-corrected chi connectivity index (χ1v) is 7.29. The molecular formula is C14H24N4O. The maximum Gasteiger partial charge on any atom is 0.276 e. The quantitative estimate of drug-likeness (QED) is 0.875. The van der Waals surface area contributed by atoms with Gasteiger partial charge in [-0.2, -0.15) is 5.10 Å². The summed E-state index contributed by atoms with van der Waals surface area (Å²) in [5.41, 5.74) is 7.84. The lowest BCUT2D eigenvalue weighted by Crippen LogP contribution is -2.40. The summed E-state index contributed by atoms with van der Waals surface area (Å²) >= 11 is 0.